The minimum absolute atomic E-state index is 0.688. The second-order valence-corrected chi connectivity index (χ2v) is 4.34. The molecular formula is C15H25NO2. The summed E-state index contributed by atoms with van der Waals surface area (Å²) in [5.74, 6) is 0. The average molecular weight is 251 g/mol. The third-order valence-corrected chi connectivity index (χ3v) is 2.76. The van der Waals surface area contributed by atoms with Crippen LogP contribution in [-0.2, 0) is 22.6 Å². The van der Waals surface area contributed by atoms with Crippen LogP contribution in [-0.4, -0.2) is 26.9 Å². The summed E-state index contributed by atoms with van der Waals surface area (Å²) >= 11 is 0. The molecule has 3 nitrogen and oxygen atoms in total. The summed E-state index contributed by atoms with van der Waals surface area (Å²) in [6.07, 6.45) is 2.11. The van der Waals surface area contributed by atoms with Gasteiger partial charge in [0, 0.05) is 26.9 Å². The molecule has 1 aromatic carbocycles. The highest BCUT2D eigenvalue weighted by Crippen LogP contribution is 2.10. The molecule has 0 atom stereocenters. The van der Waals surface area contributed by atoms with E-state index in [0.717, 1.165) is 39.1 Å². The maximum absolute atomic E-state index is 5.66. The van der Waals surface area contributed by atoms with Crippen molar-refractivity contribution in [3.63, 3.8) is 0 Å². The maximum Gasteiger partial charge on any atom is 0.0720 e. The third kappa shape index (κ3) is 6.15. The van der Waals surface area contributed by atoms with Crippen molar-refractivity contribution in [3.8, 4) is 0 Å². The first-order valence-corrected chi connectivity index (χ1v) is 6.72. The van der Waals surface area contributed by atoms with E-state index < -0.39 is 0 Å². The second kappa shape index (κ2) is 10.1. The largest absolute Gasteiger partial charge is 0.385 e. The van der Waals surface area contributed by atoms with Gasteiger partial charge in [0.25, 0.3) is 0 Å². The molecule has 0 fully saturated rings. The molecule has 0 saturated heterocycles. The molecule has 1 rings (SSSR count). The summed E-state index contributed by atoms with van der Waals surface area (Å²) in [5, 5.41) is 3.43. The molecule has 102 valence electrons. The van der Waals surface area contributed by atoms with Gasteiger partial charge in [0.15, 0.2) is 0 Å². The molecule has 0 aliphatic carbocycles. The van der Waals surface area contributed by atoms with Crippen LogP contribution in [0.25, 0.3) is 0 Å². The molecule has 0 aromatic heterocycles. The molecular weight excluding hydrogens is 226 g/mol. The second-order valence-electron chi connectivity index (χ2n) is 4.34. The van der Waals surface area contributed by atoms with Crippen LogP contribution in [0.5, 0.6) is 0 Å². The molecule has 18 heavy (non-hydrogen) atoms. The summed E-state index contributed by atoms with van der Waals surface area (Å²) < 4.78 is 10.7. The third-order valence-electron chi connectivity index (χ3n) is 2.76. The molecule has 0 unspecified atom stereocenters. The van der Waals surface area contributed by atoms with Crippen molar-refractivity contribution in [2.24, 2.45) is 0 Å². The quantitative estimate of drug-likeness (QED) is 0.649. The number of hydrogen-bond acceptors (Lipinski definition) is 3. The Kier molecular flexibility index (Phi) is 8.47. The van der Waals surface area contributed by atoms with Crippen LogP contribution in [0.3, 0.4) is 0 Å². The number of methoxy groups -OCH3 is 1. The van der Waals surface area contributed by atoms with Gasteiger partial charge in [-0.25, -0.2) is 0 Å². The number of ether oxygens (including phenoxy) is 2. The van der Waals surface area contributed by atoms with E-state index in [1.165, 1.54) is 11.1 Å². The summed E-state index contributed by atoms with van der Waals surface area (Å²) in [6.45, 7) is 6.37. The minimum Gasteiger partial charge on any atom is -0.385 e. The Labute approximate surface area is 110 Å². The SMILES string of the molecule is CCCNCc1ccccc1COCCCOC. The average Bonchev–Trinajstić information content (AvgIpc) is 2.40. The Balaban J connectivity index is 2.33. The van der Waals surface area contributed by atoms with Crippen LogP contribution in [0.2, 0.25) is 0 Å². The van der Waals surface area contributed by atoms with E-state index in [4.69, 9.17) is 9.47 Å². The lowest BCUT2D eigenvalue weighted by atomic mass is 10.1. The van der Waals surface area contributed by atoms with Crippen LogP contribution >= 0.6 is 0 Å². The fraction of sp³-hybridized carbons (Fsp3) is 0.600. The predicted molar refractivity (Wildman–Crippen MR) is 74.6 cm³/mol. The van der Waals surface area contributed by atoms with Crippen molar-refractivity contribution in [2.75, 3.05) is 26.9 Å². The topological polar surface area (TPSA) is 30.5 Å². The zero-order valence-corrected chi connectivity index (χ0v) is 11.6. The zero-order valence-electron chi connectivity index (χ0n) is 11.6. The fourth-order valence-electron chi connectivity index (χ4n) is 1.76. The molecule has 0 saturated carbocycles. The molecule has 3 heteroatoms. The normalized spacial score (nSPS) is 10.8. The monoisotopic (exact) mass is 251 g/mol. The summed E-state index contributed by atoms with van der Waals surface area (Å²) in [7, 11) is 1.72. The molecule has 0 bridgehead atoms. The predicted octanol–water partition coefficient (Wildman–Crippen LogP) is 2.74. The van der Waals surface area contributed by atoms with E-state index in [1.54, 1.807) is 7.11 Å². The van der Waals surface area contributed by atoms with Gasteiger partial charge in [-0.15, -0.1) is 0 Å². The van der Waals surface area contributed by atoms with E-state index in [9.17, 15) is 0 Å². The smallest absolute Gasteiger partial charge is 0.0720 e. The molecule has 0 spiro atoms. The minimum atomic E-state index is 0.688. The fourth-order valence-corrected chi connectivity index (χ4v) is 1.76. The molecule has 0 aliphatic rings. The highest BCUT2D eigenvalue weighted by molar-refractivity contribution is 5.26. The summed E-state index contributed by atoms with van der Waals surface area (Å²) in [4.78, 5) is 0. The summed E-state index contributed by atoms with van der Waals surface area (Å²) in [5.41, 5.74) is 2.61. The van der Waals surface area contributed by atoms with Gasteiger partial charge in [-0.05, 0) is 30.5 Å². The van der Waals surface area contributed by atoms with Crippen LogP contribution in [0, 0.1) is 0 Å². The first-order chi connectivity index (χ1) is 8.88. The van der Waals surface area contributed by atoms with Crippen molar-refractivity contribution in [3.05, 3.63) is 35.4 Å². The van der Waals surface area contributed by atoms with Crippen molar-refractivity contribution in [1.82, 2.24) is 5.32 Å². The van der Waals surface area contributed by atoms with Crippen molar-refractivity contribution in [1.29, 1.82) is 0 Å². The number of hydrogen-bond donors (Lipinski definition) is 1. The molecule has 0 amide bonds. The van der Waals surface area contributed by atoms with Gasteiger partial charge in [-0.2, -0.15) is 0 Å². The lowest BCUT2D eigenvalue weighted by Crippen LogP contribution is -2.15. The van der Waals surface area contributed by atoms with Crippen LogP contribution in [0.1, 0.15) is 30.9 Å². The molecule has 1 N–H and O–H groups in total. The zero-order chi connectivity index (χ0) is 13.1. The maximum atomic E-state index is 5.66. The van der Waals surface area contributed by atoms with Gasteiger partial charge >= 0.3 is 0 Å². The molecule has 1 aromatic rings. The van der Waals surface area contributed by atoms with Gasteiger partial charge in [-0.3, -0.25) is 0 Å². The van der Waals surface area contributed by atoms with E-state index in [2.05, 4.69) is 36.5 Å². The lowest BCUT2D eigenvalue weighted by molar-refractivity contribution is 0.0924. The standard InChI is InChI=1S/C15H25NO2/c1-3-9-16-12-14-7-4-5-8-15(14)13-18-11-6-10-17-2/h4-5,7-8,16H,3,6,9-13H2,1-2H3. The van der Waals surface area contributed by atoms with Gasteiger partial charge in [0.05, 0.1) is 6.61 Å². The number of benzene rings is 1. The first-order valence-electron chi connectivity index (χ1n) is 6.72. The Hall–Kier alpha value is -0.900. The van der Waals surface area contributed by atoms with E-state index in [0.29, 0.717) is 6.61 Å². The number of rotatable bonds is 10. The van der Waals surface area contributed by atoms with E-state index in [-0.39, 0.29) is 0 Å². The highest BCUT2D eigenvalue weighted by Gasteiger charge is 2.01. The van der Waals surface area contributed by atoms with Crippen molar-refractivity contribution >= 4 is 0 Å². The van der Waals surface area contributed by atoms with Crippen LogP contribution < -0.4 is 5.32 Å². The molecule has 0 aliphatic heterocycles. The van der Waals surface area contributed by atoms with Crippen LogP contribution in [0.4, 0.5) is 0 Å². The highest BCUT2D eigenvalue weighted by atomic mass is 16.5. The van der Waals surface area contributed by atoms with Gasteiger partial charge in [0.1, 0.15) is 0 Å². The Bertz CT molecular complexity index is 315. The molecule has 0 radical (unpaired) electrons. The Morgan fingerprint density at radius 1 is 1.11 bits per heavy atom. The van der Waals surface area contributed by atoms with E-state index >= 15 is 0 Å². The Morgan fingerprint density at radius 2 is 1.89 bits per heavy atom. The first kappa shape index (κ1) is 15.2. The van der Waals surface area contributed by atoms with Crippen LogP contribution in [0.15, 0.2) is 24.3 Å². The van der Waals surface area contributed by atoms with Gasteiger partial charge < -0.3 is 14.8 Å². The lowest BCUT2D eigenvalue weighted by Gasteiger charge is -2.10. The summed E-state index contributed by atoms with van der Waals surface area (Å²) in [6, 6.07) is 8.45. The van der Waals surface area contributed by atoms with Gasteiger partial charge in [0.2, 0.25) is 0 Å². The van der Waals surface area contributed by atoms with Gasteiger partial charge in [-0.1, -0.05) is 31.2 Å². The van der Waals surface area contributed by atoms with E-state index in [1.807, 2.05) is 0 Å². The Morgan fingerprint density at radius 3 is 2.61 bits per heavy atom. The molecule has 0 heterocycles. The number of nitrogens with one attached hydrogen (secondary N) is 1. The van der Waals surface area contributed by atoms with Crippen molar-refractivity contribution < 1.29 is 9.47 Å². The van der Waals surface area contributed by atoms with Crippen molar-refractivity contribution in [2.45, 2.75) is 32.9 Å².